The standard InChI is InChI=1S/C12H8BrN3S/c13-8-1-2-10-9(6-8)16-12(17-10)7-3-4-15-11(14)5-7/h1-6H,(H2,14,15). The Morgan fingerprint density at radius 1 is 1.18 bits per heavy atom. The number of benzene rings is 1. The van der Waals surface area contributed by atoms with Gasteiger partial charge in [0.05, 0.1) is 10.2 Å². The summed E-state index contributed by atoms with van der Waals surface area (Å²) >= 11 is 5.10. The quantitative estimate of drug-likeness (QED) is 0.746. The Hall–Kier alpha value is -1.46. The zero-order chi connectivity index (χ0) is 11.8. The first-order chi connectivity index (χ1) is 8.22. The van der Waals surface area contributed by atoms with Gasteiger partial charge in [0.2, 0.25) is 0 Å². The van der Waals surface area contributed by atoms with Gasteiger partial charge in [0.15, 0.2) is 0 Å². The Morgan fingerprint density at radius 2 is 2.06 bits per heavy atom. The molecule has 2 N–H and O–H groups in total. The summed E-state index contributed by atoms with van der Waals surface area (Å²) in [5, 5.41) is 0.965. The van der Waals surface area contributed by atoms with Crippen LogP contribution in [0.1, 0.15) is 0 Å². The minimum atomic E-state index is 0.517. The second-order valence-electron chi connectivity index (χ2n) is 3.60. The highest BCUT2D eigenvalue weighted by Crippen LogP contribution is 2.31. The first-order valence-corrected chi connectivity index (χ1v) is 6.61. The molecule has 17 heavy (non-hydrogen) atoms. The van der Waals surface area contributed by atoms with E-state index in [1.54, 1.807) is 17.5 Å². The van der Waals surface area contributed by atoms with E-state index in [9.17, 15) is 0 Å². The van der Waals surface area contributed by atoms with E-state index in [1.807, 2.05) is 24.3 Å². The van der Waals surface area contributed by atoms with Crippen molar-refractivity contribution in [3.63, 3.8) is 0 Å². The lowest BCUT2D eigenvalue weighted by Gasteiger charge is -1.95. The van der Waals surface area contributed by atoms with Gasteiger partial charge in [-0.25, -0.2) is 9.97 Å². The smallest absolute Gasteiger partial charge is 0.124 e. The van der Waals surface area contributed by atoms with Crippen molar-refractivity contribution in [2.24, 2.45) is 0 Å². The van der Waals surface area contributed by atoms with Crippen molar-refractivity contribution < 1.29 is 0 Å². The molecule has 84 valence electrons. The van der Waals surface area contributed by atoms with Gasteiger partial charge in [-0.15, -0.1) is 11.3 Å². The lowest BCUT2D eigenvalue weighted by Crippen LogP contribution is -1.88. The van der Waals surface area contributed by atoms with Gasteiger partial charge >= 0.3 is 0 Å². The first kappa shape index (κ1) is 10.7. The van der Waals surface area contributed by atoms with Crippen molar-refractivity contribution >= 4 is 43.3 Å². The molecule has 3 rings (SSSR count). The van der Waals surface area contributed by atoms with Gasteiger partial charge in [0, 0.05) is 16.2 Å². The van der Waals surface area contributed by atoms with Crippen LogP contribution in [0, 0.1) is 0 Å². The second kappa shape index (κ2) is 4.09. The van der Waals surface area contributed by atoms with Gasteiger partial charge in [-0.2, -0.15) is 0 Å². The molecular formula is C12H8BrN3S. The van der Waals surface area contributed by atoms with Gasteiger partial charge in [-0.1, -0.05) is 15.9 Å². The monoisotopic (exact) mass is 305 g/mol. The lowest BCUT2D eigenvalue weighted by molar-refractivity contribution is 1.33. The Bertz CT molecular complexity index is 693. The van der Waals surface area contributed by atoms with Crippen LogP contribution in [0.5, 0.6) is 0 Å². The fraction of sp³-hybridized carbons (Fsp3) is 0. The summed E-state index contributed by atoms with van der Waals surface area (Å²) in [7, 11) is 0. The van der Waals surface area contributed by atoms with E-state index in [-0.39, 0.29) is 0 Å². The summed E-state index contributed by atoms with van der Waals surface area (Å²) in [6.45, 7) is 0. The fourth-order valence-corrected chi connectivity index (χ4v) is 2.90. The molecule has 0 bridgehead atoms. The summed E-state index contributed by atoms with van der Waals surface area (Å²) in [6, 6.07) is 9.85. The molecule has 0 fully saturated rings. The zero-order valence-corrected chi connectivity index (χ0v) is 11.1. The summed E-state index contributed by atoms with van der Waals surface area (Å²) in [5.74, 6) is 0.517. The molecule has 0 amide bonds. The minimum Gasteiger partial charge on any atom is -0.384 e. The van der Waals surface area contributed by atoms with Crippen LogP contribution < -0.4 is 5.73 Å². The van der Waals surface area contributed by atoms with Crippen LogP contribution in [0.2, 0.25) is 0 Å². The van der Waals surface area contributed by atoms with Crippen molar-refractivity contribution in [2.75, 3.05) is 5.73 Å². The molecule has 3 nitrogen and oxygen atoms in total. The number of anilines is 1. The number of hydrogen-bond donors (Lipinski definition) is 1. The van der Waals surface area contributed by atoms with Crippen LogP contribution in [0.15, 0.2) is 41.0 Å². The minimum absolute atomic E-state index is 0.517. The molecule has 0 atom stereocenters. The van der Waals surface area contributed by atoms with E-state index >= 15 is 0 Å². The molecule has 0 aliphatic carbocycles. The molecule has 0 saturated carbocycles. The number of pyridine rings is 1. The van der Waals surface area contributed by atoms with Crippen molar-refractivity contribution in [3.05, 3.63) is 41.0 Å². The molecule has 3 aromatic rings. The number of nitrogens with zero attached hydrogens (tertiary/aromatic N) is 2. The predicted octanol–water partition coefficient (Wildman–Crippen LogP) is 3.70. The number of halogens is 1. The molecule has 2 heterocycles. The van der Waals surface area contributed by atoms with E-state index in [0.29, 0.717) is 5.82 Å². The van der Waals surface area contributed by atoms with E-state index in [0.717, 1.165) is 20.6 Å². The van der Waals surface area contributed by atoms with Crippen molar-refractivity contribution in [1.29, 1.82) is 0 Å². The van der Waals surface area contributed by atoms with E-state index in [4.69, 9.17) is 5.73 Å². The number of aromatic nitrogens is 2. The number of rotatable bonds is 1. The molecule has 0 aliphatic heterocycles. The third-order valence-corrected chi connectivity index (χ3v) is 3.96. The molecule has 0 aliphatic rings. The fourth-order valence-electron chi connectivity index (χ4n) is 1.61. The Labute approximate surface area is 110 Å². The molecule has 5 heteroatoms. The van der Waals surface area contributed by atoms with Crippen LogP contribution in [-0.2, 0) is 0 Å². The topological polar surface area (TPSA) is 51.8 Å². The zero-order valence-electron chi connectivity index (χ0n) is 8.72. The van der Waals surface area contributed by atoms with E-state index in [1.165, 1.54) is 4.70 Å². The molecule has 2 aromatic heterocycles. The van der Waals surface area contributed by atoms with Crippen LogP contribution in [-0.4, -0.2) is 9.97 Å². The number of nitrogens with two attached hydrogens (primary N) is 1. The van der Waals surface area contributed by atoms with E-state index < -0.39 is 0 Å². The number of hydrogen-bond acceptors (Lipinski definition) is 4. The maximum absolute atomic E-state index is 5.67. The molecule has 1 aromatic carbocycles. The Morgan fingerprint density at radius 3 is 2.88 bits per heavy atom. The average Bonchev–Trinajstić information content (AvgIpc) is 2.72. The Kier molecular flexibility index (Phi) is 2.57. The molecule has 0 spiro atoms. The highest BCUT2D eigenvalue weighted by Gasteiger charge is 2.06. The SMILES string of the molecule is Nc1cc(-c2nc3cc(Br)ccc3s2)ccn1. The van der Waals surface area contributed by atoms with Crippen LogP contribution in [0.4, 0.5) is 5.82 Å². The van der Waals surface area contributed by atoms with Crippen molar-refractivity contribution in [1.82, 2.24) is 9.97 Å². The normalized spacial score (nSPS) is 10.9. The van der Waals surface area contributed by atoms with Gasteiger partial charge in [0.25, 0.3) is 0 Å². The largest absolute Gasteiger partial charge is 0.384 e. The maximum atomic E-state index is 5.67. The number of thiazole rings is 1. The Balaban J connectivity index is 2.18. The molecule has 0 saturated heterocycles. The predicted molar refractivity (Wildman–Crippen MR) is 75.0 cm³/mol. The third-order valence-electron chi connectivity index (χ3n) is 2.38. The second-order valence-corrected chi connectivity index (χ2v) is 5.55. The highest BCUT2D eigenvalue weighted by molar-refractivity contribution is 9.10. The summed E-state index contributed by atoms with van der Waals surface area (Å²) in [4.78, 5) is 8.57. The third kappa shape index (κ3) is 2.03. The van der Waals surface area contributed by atoms with Gasteiger partial charge in [-0.05, 0) is 30.3 Å². The summed E-state index contributed by atoms with van der Waals surface area (Å²) in [6.07, 6.45) is 1.70. The lowest BCUT2D eigenvalue weighted by atomic mass is 10.3. The van der Waals surface area contributed by atoms with Gasteiger partial charge < -0.3 is 5.73 Å². The average molecular weight is 306 g/mol. The maximum Gasteiger partial charge on any atom is 0.124 e. The molecule has 0 unspecified atom stereocenters. The van der Waals surface area contributed by atoms with Crippen LogP contribution in [0.25, 0.3) is 20.8 Å². The van der Waals surface area contributed by atoms with Crippen molar-refractivity contribution in [3.8, 4) is 10.6 Å². The number of nitrogen functional groups attached to an aromatic ring is 1. The highest BCUT2D eigenvalue weighted by atomic mass is 79.9. The first-order valence-electron chi connectivity index (χ1n) is 5.00. The van der Waals surface area contributed by atoms with E-state index in [2.05, 4.69) is 32.0 Å². The van der Waals surface area contributed by atoms with Gasteiger partial charge in [0.1, 0.15) is 10.8 Å². The van der Waals surface area contributed by atoms with Crippen LogP contribution >= 0.6 is 27.3 Å². The summed E-state index contributed by atoms with van der Waals surface area (Å²) < 4.78 is 2.20. The number of fused-ring (bicyclic) bond motifs is 1. The molecular weight excluding hydrogens is 298 g/mol. The van der Waals surface area contributed by atoms with Crippen LogP contribution in [0.3, 0.4) is 0 Å². The van der Waals surface area contributed by atoms with Gasteiger partial charge in [-0.3, -0.25) is 0 Å². The van der Waals surface area contributed by atoms with Crippen molar-refractivity contribution in [2.45, 2.75) is 0 Å². The summed E-state index contributed by atoms with van der Waals surface area (Å²) in [5.41, 5.74) is 7.68. The molecule has 0 radical (unpaired) electrons.